The van der Waals surface area contributed by atoms with Crippen molar-refractivity contribution in [3.8, 4) is 0 Å². The predicted molar refractivity (Wildman–Crippen MR) is 81.5 cm³/mol. The van der Waals surface area contributed by atoms with Crippen LogP contribution >= 0.6 is 46.4 Å². The number of benzene rings is 1. The highest BCUT2D eigenvalue weighted by molar-refractivity contribution is 7.92. The summed E-state index contributed by atoms with van der Waals surface area (Å²) in [6.45, 7) is 0. The molecule has 2 aromatic rings. The van der Waals surface area contributed by atoms with Crippen LogP contribution in [0.2, 0.25) is 20.1 Å². The van der Waals surface area contributed by atoms with E-state index in [2.05, 4.69) is 9.71 Å². The average Bonchev–Trinajstić information content (AvgIpc) is 2.36. The van der Waals surface area contributed by atoms with Gasteiger partial charge in [0.2, 0.25) is 0 Å². The summed E-state index contributed by atoms with van der Waals surface area (Å²) in [6.07, 6.45) is 2.52. The smallest absolute Gasteiger partial charge is 0.264 e. The zero-order valence-electron chi connectivity index (χ0n) is 9.57. The zero-order chi connectivity index (χ0) is 14.9. The molecular formula is C11H6Cl4N2O2S. The molecule has 0 fully saturated rings. The molecule has 106 valence electrons. The normalized spacial score (nSPS) is 11.4. The molecule has 4 nitrogen and oxygen atoms in total. The molecule has 1 N–H and O–H groups in total. The van der Waals surface area contributed by atoms with Gasteiger partial charge in [0.1, 0.15) is 4.90 Å². The summed E-state index contributed by atoms with van der Waals surface area (Å²) in [5, 5.41) is 0.553. The van der Waals surface area contributed by atoms with Crippen molar-refractivity contribution in [2.75, 3.05) is 4.72 Å². The Labute approximate surface area is 135 Å². The van der Waals surface area contributed by atoms with Crippen molar-refractivity contribution in [1.82, 2.24) is 4.98 Å². The van der Waals surface area contributed by atoms with E-state index in [-0.39, 0.29) is 30.7 Å². The highest BCUT2D eigenvalue weighted by atomic mass is 35.5. The molecule has 0 saturated heterocycles. The number of halogens is 4. The number of hydrogen-bond acceptors (Lipinski definition) is 3. The number of pyridine rings is 1. The van der Waals surface area contributed by atoms with Gasteiger partial charge in [0.15, 0.2) is 0 Å². The van der Waals surface area contributed by atoms with E-state index in [1.165, 1.54) is 24.4 Å². The van der Waals surface area contributed by atoms with Crippen LogP contribution in [0.4, 0.5) is 5.69 Å². The summed E-state index contributed by atoms with van der Waals surface area (Å²) in [5.41, 5.74) is 0.0981. The Kier molecular flexibility index (Phi) is 4.66. The van der Waals surface area contributed by atoms with Gasteiger partial charge in [0, 0.05) is 12.4 Å². The lowest BCUT2D eigenvalue weighted by Gasteiger charge is -2.11. The first-order valence-corrected chi connectivity index (χ1v) is 8.07. The SMILES string of the molecule is O=S(=O)(Nc1cc(Cl)c(Cl)cc1Cl)c1cnccc1Cl. The monoisotopic (exact) mass is 370 g/mol. The highest BCUT2D eigenvalue weighted by Gasteiger charge is 2.20. The molecule has 1 aromatic heterocycles. The highest BCUT2D eigenvalue weighted by Crippen LogP contribution is 2.34. The number of aromatic nitrogens is 1. The van der Waals surface area contributed by atoms with Gasteiger partial charge in [-0.1, -0.05) is 46.4 Å². The van der Waals surface area contributed by atoms with Crippen LogP contribution in [0.25, 0.3) is 0 Å². The van der Waals surface area contributed by atoms with E-state index >= 15 is 0 Å². The number of sulfonamides is 1. The summed E-state index contributed by atoms with van der Waals surface area (Å²) in [6, 6.07) is 4.02. The fraction of sp³-hybridized carbons (Fsp3) is 0. The van der Waals surface area contributed by atoms with Crippen molar-refractivity contribution in [3.05, 3.63) is 50.7 Å². The minimum Gasteiger partial charge on any atom is -0.278 e. The summed E-state index contributed by atoms with van der Waals surface area (Å²) in [5.74, 6) is 0. The molecule has 20 heavy (non-hydrogen) atoms. The summed E-state index contributed by atoms with van der Waals surface area (Å²) >= 11 is 23.4. The second-order valence-electron chi connectivity index (χ2n) is 3.66. The Morgan fingerprint density at radius 3 is 2.25 bits per heavy atom. The van der Waals surface area contributed by atoms with Crippen LogP contribution in [0.3, 0.4) is 0 Å². The van der Waals surface area contributed by atoms with Crippen LogP contribution in [0, 0.1) is 0 Å². The fourth-order valence-electron chi connectivity index (χ4n) is 1.36. The Morgan fingerprint density at radius 2 is 1.60 bits per heavy atom. The zero-order valence-corrected chi connectivity index (χ0v) is 13.4. The van der Waals surface area contributed by atoms with Crippen molar-refractivity contribution < 1.29 is 8.42 Å². The first-order chi connectivity index (χ1) is 9.31. The molecule has 9 heteroatoms. The average molecular weight is 372 g/mol. The van der Waals surface area contributed by atoms with E-state index in [0.29, 0.717) is 0 Å². The van der Waals surface area contributed by atoms with Gasteiger partial charge in [0.25, 0.3) is 10.0 Å². The lowest BCUT2D eigenvalue weighted by molar-refractivity contribution is 0.601. The van der Waals surface area contributed by atoms with E-state index in [1.807, 2.05) is 0 Å². The van der Waals surface area contributed by atoms with Gasteiger partial charge in [-0.05, 0) is 18.2 Å². The molecule has 0 atom stereocenters. The first-order valence-electron chi connectivity index (χ1n) is 5.08. The topological polar surface area (TPSA) is 59.1 Å². The largest absolute Gasteiger partial charge is 0.278 e. The molecule has 2 rings (SSSR count). The van der Waals surface area contributed by atoms with Gasteiger partial charge in [-0.3, -0.25) is 9.71 Å². The minimum atomic E-state index is -3.93. The van der Waals surface area contributed by atoms with Crippen molar-refractivity contribution in [1.29, 1.82) is 0 Å². The molecule has 0 aliphatic rings. The number of nitrogens with one attached hydrogen (secondary N) is 1. The Hall–Kier alpha value is -0.720. The van der Waals surface area contributed by atoms with Crippen molar-refractivity contribution in [2.45, 2.75) is 4.90 Å². The third-order valence-electron chi connectivity index (χ3n) is 2.28. The van der Waals surface area contributed by atoms with Gasteiger partial charge in [-0.25, -0.2) is 8.42 Å². The molecular weight excluding hydrogens is 366 g/mol. The van der Waals surface area contributed by atoms with E-state index < -0.39 is 10.0 Å². The first kappa shape index (κ1) is 15.7. The molecule has 0 saturated carbocycles. The van der Waals surface area contributed by atoms with Gasteiger partial charge in [0.05, 0.1) is 25.8 Å². The Bertz CT molecular complexity index is 765. The quantitative estimate of drug-likeness (QED) is 0.808. The van der Waals surface area contributed by atoms with Crippen LogP contribution in [0.5, 0.6) is 0 Å². The number of anilines is 1. The molecule has 0 spiro atoms. The van der Waals surface area contributed by atoms with Crippen LogP contribution in [0.1, 0.15) is 0 Å². The molecule has 0 radical (unpaired) electrons. The minimum absolute atomic E-state index is 0.0451. The van der Waals surface area contributed by atoms with E-state index in [4.69, 9.17) is 46.4 Å². The number of nitrogens with zero attached hydrogens (tertiary/aromatic N) is 1. The maximum atomic E-state index is 12.2. The van der Waals surface area contributed by atoms with Gasteiger partial charge < -0.3 is 0 Å². The van der Waals surface area contributed by atoms with Gasteiger partial charge >= 0.3 is 0 Å². The maximum Gasteiger partial charge on any atom is 0.264 e. The van der Waals surface area contributed by atoms with Crippen molar-refractivity contribution in [3.63, 3.8) is 0 Å². The lowest BCUT2D eigenvalue weighted by atomic mass is 10.3. The van der Waals surface area contributed by atoms with Gasteiger partial charge in [-0.15, -0.1) is 0 Å². The van der Waals surface area contributed by atoms with Crippen molar-refractivity contribution >= 4 is 62.1 Å². The summed E-state index contributed by atoms with van der Waals surface area (Å²) in [7, 11) is -3.93. The molecule has 0 bridgehead atoms. The molecule has 1 heterocycles. The second kappa shape index (κ2) is 5.95. The Morgan fingerprint density at radius 1 is 0.950 bits per heavy atom. The van der Waals surface area contributed by atoms with Gasteiger partial charge in [-0.2, -0.15) is 0 Å². The standard InChI is InChI=1S/C11H6Cl4N2O2S/c12-6-1-2-16-5-11(6)20(18,19)17-10-4-8(14)7(13)3-9(10)15/h1-5,17H. The maximum absolute atomic E-state index is 12.2. The Balaban J connectivity index is 2.44. The van der Waals surface area contributed by atoms with E-state index in [0.717, 1.165) is 6.20 Å². The van der Waals surface area contributed by atoms with Crippen LogP contribution in [-0.2, 0) is 10.0 Å². The number of hydrogen-bond donors (Lipinski definition) is 1. The number of rotatable bonds is 3. The summed E-state index contributed by atoms with van der Waals surface area (Å²) in [4.78, 5) is 3.56. The lowest BCUT2D eigenvalue weighted by Crippen LogP contribution is -2.14. The summed E-state index contributed by atoms with van der Waals surface area (Å²) < 4.78 is 26.7. The van der Waals surface area contributed by atoms with Crippen LogP contribution in [-0.4, -0.2) is 13.4 Å². The molecule has 0 amide bonds. The molecule has 0 unspecified atom stereocenters. The molecule has 0 aliphatic carbocycles. The predicted octanol–water partition coefficient (Wildman–Crippen LogP) is 4.50. The van der Waals surface area contributed by atoms with E-state index in [9.17, 15) is 8.42 Å². The molecule has 0 aliphatic heterocycles. The van der Waals surface area contributed by atoms with Crippen LogP contribution in [0.15, 0.2) is 35.5 Å². The van der Waals surface area contributed by atoms with Crippen LogP contribution < -0.4 is 4.72 Å². The van der Waals surface area contributed by atoms with Crippen molar-refractivity contribution in [2.24, 2.45) is 0 Å². The third kappa shape index (κ3) is 3.30. The molecule has 1 aromatic carbocycles. The third-order valence-corrected chi connectivity index (χ3v) is 5.15. The second-order valence-corrected chi connectivity index (χ2v) is 6.94. The van der Waals surface area contributed by atoms with E-state index in [1.54, 1.807) is 0 Å². The fourth-order valence-corrected chi connectivity index (χ4v) is 3.51.